The Morgan fingerprint density at radius 3 is 2.29 bits per heavy atom. The number of guanidine groups is 1. The van der Waals surface area contributed by atoms with Gasteiger partial charge in [-0.25, -0.2) is 0 Å². The van der Waals surface area contributed by atoms with Gasteiger partial charge in [0.1, 0.15) is 5.75 Å². The van der Waals surface area contributed by atoms with Crippen molar-refractivity contribution in [3.63, 3.8) is 0 Å². The smallest absolute Gasteiger partial charge is 0.193 e. The van der Waals surface area contributed by atoms with Crippen molar-refractivity contribution >= 4 is 35.6 Å². The minimum absolute atomic E-state index is 0. The average molecular weight is 494 g/mol. The van der Waals surface area contributed by atoms with E-state index in [-0.39, 0.29) is 30.0 Å². The van der Waals surface area contributed by atoms with Crippen LogP contribution in [0.15, 0.2) is 47.5 Å². The molecule has 1 unspecified atom stereocenters. The molecular weight excluding hydrogens is 463 g/mol. The van der Waals surface area contributed by atoms with Crippen LogP contribution in [-0.4, -0.2) is 37.6 Å². The van der Waals surface area contributed by atoms with Crippen LogP contribution in [0.25, 0.3) is 0 Å². The molecule has 1 fully saturated rings. The predicted molar refractivity (Wildman–Crippen MR) is 128 cm³/mol. The summed E-state index contributed by atoms with van der Waals surface area (Å²) in [5.41, 5.74) is 10.8. The second kappa shape index (κ2) is 10.7. The van der Waals surface area contributed by atoms with Crippen molar-refractivity contribution in [3.8, 4) is 5.75 Å². The summed E-state index contributed by atoms with van der Waals surface area (Å²) in [6.45, 7) is 7.01. The van der Waals surface area contributed by atoms with Crippen LogP contribution < -0.4 is 15.8 Å². The van der Waals surface area contributed by atoms with Gasteiger partial charge in [-0.2, -0.15) is 0 Å². The predicted octanol–water partition coefficient (Wildman–Crippen LogP) is 4.49. The number of aryl methyl sites for hydroxylation is 2. The second-order valence-corrected chi connectivity index (χ2v) is 7.26. The summed E-state index contributed by atoms with van der Waals surface area (Å²) in [6.07, 6.45) is 2.49. The number of hydrogen-bond acceptors (Lipinski definition) is 3. The van der Waals surface area contributed by atoms with Crippen molar-refractivity contribution in [3.05, 3.63) is 59.2 Å². The molecule has 0 amide bonds. The fraction of sp³-hybridized carbons (Fsp3) is 0.409. The maximum absolute atomic E-state index is 6.18. The third-order valence-electron chi connectivity index (χ3n) is 5.01. The molecule has 0 spiro atoms. The zero-order chi connectivity index (χ0) is 19.2. The molecule has 3 N–H and O–H groups in total. The molecule has 0 radical (unpaired) electrons. The number of benzene rings is 2. The summed E-state index contributed by atoms with van der Waals surface area (Å²) < 4.78 is 5.29. The molecule has 1 saturated heterocycles. The molecule has 6 heteroatoms. The lowest BCUT2D eigenvalue weighted by Crippen LogP contribution is -2.30. The molecule has 2 aromatic carbocycles. The molecule has 0 bridgehead atoms. The lowest BCUT2D eigenvalue weighted by molar-refractivity contribution is 0.251. The first-order chi connectivity index (χ1) is 13.0. The Bertz CT molecular complexity index is 765. The third kappa shape index (κ3) is 6.10. The van der Waals surface area contributed by atoms with Crippen LogP contribution in [0.3, 0.4) is 0 Å². The minimum atomic E-state index is 0. The van der Waals surface area contributed by atoms with Gasteiger partial charge in [0, 0.05) is 5.69 Å². The maximum Gasteiger partial charge on any atom is 0.193 e. The van der Waals surface area contributed by atoms with E-state index in [1.165, 1.54) is 29.5 Å². The van der Waals surface area contributed by atoms with Crippen LogP contribution in [0, 0.1) is 13.8 Å². The van der Waals surface area contributed by atoms with E-state index in [2.05, 4.69) is 59.4 Å². The van der Waals surface area contributed by atoms with Gasteiger partial charge in [0.2, 0.25) is 0 Å². The lowest BCUT2D eigenvalue weighted by atomic mass is 10.1. The summed E-state index contributed by atoms with van der Waals surface area (Å²) in [5.74, 6) is 1.33. The fourth-order valence-corrected chi connectivity index (χ4v) is 3.73. The van der Waals surface area contributed by atoms with E-state index in [9.17, 15) is 0 Å². The van der Waals surface area contributed by atoms with Crippen molar-refractivity contribution in [2.45, 2.75) is 32.7 Å². The Hall–Kier alpha value is -1.80. The first kappa shape index (κ1) is 22.5. The number of halogens is 1. The van der Waals surface area contributed by atoms with Gasteiger partial charge in [-0.3, -0.25) is 9.89 Å². The highest BCUT2D eigenvalue weighted by atomic mass is 127. The number of anilines is 1. The van der Waals surface area contributed by atoms with Crippen molar-refractivity contribution in [2.75, 3.05) is 32.1 Å². The monoisotopic (exact) mass is 494 g/mol. The molecule has 3 rings (SSSR count). The van der Waals surface area contributed by atoms with Crippen molar-refractivity contribution in [1.82, 2.24) is 4.90 Å². The van der Waals surface area contributed by atoms with E-state index in [0.717, 1.165) is 24.5 Å². The molecule has 0 saturated carbocycles. The average Bonchev–Trinajstić information content (AvgIpc) is 3.16. The molecule has 1 heterocycles. The fourth-order valence-electron chi connectivity index (χ4n) is 3.73. The number of rotatable bonds is 6. The van der Waals surface area contributed by atoms with Crippen LogP contribution in [-0.2, 0) is 0 Å². The van der Waals surface area contributed by atoms with Gasteiger partial charge in [0.15, 0.2) is 5.96 Å². The van der Waals surface area contributed by atoms with Gasteiger partial charge in [-0.15, -0.1) is 24.0 Å². The summed E-state index contributed by atoms with van der Waals surface area (Å²) in [7, 11) is 1.69. The molecule has 0 aliphatic carbocycles. The molecule has 152 valence electrons. The summed E-state index contributed by atoms with van der Waals surface area (Å²) >= 11 is 0. The third-order valence-corrected chi connectivity index (χ3v) is 5.01. The number of nitrogens with two attached hydrogens (primary N) is 1. The zero-order valence-corrected chi connectivity index (χ0v) is 19.3. The van der Waals surface area contributed by atoms with Gasteiger partial charge in [0.05, 0.1) is 19.7 Å². The Kier molecular flexibility index (Phi) is 8.57. The van der Waals surface area contributed by atoms with Crippen molar-refractivity contribution < 1.29 is 4.74 Å². The van der Waals surface area contributed by atoms with E-state index in [1.807, 2.05) is 12.1 Å². The Balaban J connectivity index is 0.00000280. The number of likely N-dealkylation sites (tertiary alicyclic amines) is 1. The van der Waals surface area contributed by atoms with Crippen LogP contribution in [0.2, 0.25) is 0 Å². The largest absolute Gasteiger partial charge is 0.497 e. The first-order valence-electron chi connectivity index (χ1n) is 9.58. The normalized spacial score (nSPS) is 15.8. The number of methoxy groups -OCH3 is 1. The maximum atomic E-state index is 6.18. The minimum Gasteiger partial charge on any atom is -0.497 e. The molecule has 1 atom stereocenters. The SMILES string of the molecule is COc1ccc(C(CN=C(N)Nc2cc(C)cc(C)c2)N2CCCC2)cc1.I. The number of nitrogens with one attached hydrogen (secondary N) is 1. The summed E-state index contributed by atoms with van der Waals surface area (Å²) in [4.78, 5) is 7.15. The molecule has 1 aliphatic heterocycles. The topological polar surface area (TPSA) is 62.9 Å². The van der Waals surface area contributed by atoms with Gasteiger partial charge < -0.3 is 15.8 Å². The molecule has 1 aliphatic rings. The van der Waals surface area contributed by atoms with E-state index in [4.69, 9.17) is 10.5 Å². The van der Waals surface area contributed by atoms with Gasteiger partial charge in [0.25, 0.3) is 0 Å². The molecule has 5 nitrogen and oxygen atoms in total. The Labute approximate surface area is 185 Å². The van der Waals surface area contributed by atoms with Crippen LogP contribution in [0.1, 0.15) is 35.6 Å². The van der Waals surface area contributed by atoms with E-state index < -0.39 is 0 Å². The summed E-state index contributed by atoms with van der Waals surface area (Å²) in [6, 6.07) is 14.8. The van der Waals surface area contributed by atoms with Crippen LogP contribution in [0.5, 0.6) is 5.75 Å². The van der Waals surface area contributed by atoms with E-state index >= 15 is 0 Å². The highest BCUT2D eigenvalue weighted by molar-refractivity contribution is 14.0. The number of aliphatic imine (C=N–C) groups is 1. The number of ether oxygens (including phenoxy) is 1. The highest BCUT2D eigenvalue weighted by Gasteiger charge is 2.23. The zero-order valence-electron chi connectivity index (χ0n) is 16.9. The first-order valence-corrected chi connectivity index (χ1v) is 9.58. The van der Waals surface area contributed by atoms with Gasteiger partial charge in [-0.1, -0.05) is 18.2 Å². The van der Waals surface area contributed by atoms with E-state index in [0.29, 0.717) is 12.5 Å². The van der Waals surface area contributed by atoms with E-state index in [1.54, 1.807) is 7.11 Å². The molecule has 2 aromatic rings. The Morgan fingerprint density at radius 2 is 1.71 bits per heavy atom. The van der Waals surface area contributed by atoms with Gasteiger partial charge >= 0.3 is 0 Å². The Morgan fingerprint density at radius 1 is 1.11 bits per heavy atom. The van der Waals surface area contributed by atoms with Gasteiger partial charge in [-0.05, 0) is 80.7 Å². The lowest BCUT2D eigenvalue weighted by Gasteiger charge is -2.27. The number of nitrogens with zero attached hydrogens (tertiary/aromatic N) is 2. The second-order valence-electron chi connectivity index (χ2n) is 7.26. The summed E-state index contributed by atoms with van der Waals surface area (Å²) in [5, 5.41) is 3.23. The standard InChI is InChI=1S/C22H30N4O.HI/c1-16-12-17(2)14-19(13-16)25-22(23)24-15-21(26-10-4-5-11-26)18-6-8-20(27-3)9-7-18;/h6-9,12-14,21H,4-5,10-11,15H2,1-3H3,(H3,23,24,25);1H. The van der Waals surface area contributed by atoms with Crippen molar-refractivity contribution in [1.29, 1.82) is 0 Å². The molecule has 28 heavy (non-hydrogen) atoms. The molecular formula is C22H31IN4O. The quantitative estimate of drug-likeness (QED) is 0.353. The highest BCUT2D eigenvalue weighted by Crippen LogP contribution is 2.27. The molecule has 0 aromatic heterocycles. The number of hydrogen-bond donors (Lipinski definition) is 2. The van der Waals surface area contributed by atoms with Crippen LogP contribution in [0.4, 0.5) is 5.69 Å². The van der Waals surface area contributed by atoms with Crippen molar-refractivity contribution in [2.24, 2.45) is 10.7 Å². The van der Waals surface area contributed by atoms with Crippen LogP contribution >= 0.6 is 24.0 Å².